The maximum absolute atomic E-state index is 13.2. The van der Waals surface area contributed by atoms with Gasteiger partial charge in [-0.3, -0.25) is 19.8 Å². The van der Waals surface area contributed by atoms with Gasteiger partial charge >= 0.3 is 0 Å². The number of fused-ring (bicyclic) bond motifs is 1. The quantitative estimate of drug-likeness (QED) is 0.586. The van der Waals surface area contributed by atoms with Crippen molar-refractivity contribution < 1.29 is 18.8 Å². The Morgan fingerprint density at radius 3 is 2.73 bits per heavy atom. The van der Waals surface area contributed by atoms with Crippen LogP contribution in [0.15, 0.2) is 42.6 Å². The number of nitrogens with one attached hydrogen (secondary N) is 2. The largest absolute Gasteiger partial charge is 0.334 e. The molecule has 4 rings (SSSR count). The Bertz CT molecular complexity index is 1080. The van der Waals surface area contributed by atoms with Gasteiger partial charge in [-0.1, -0.05) is 12.1 Å². The first-order valence-corrected chi connectivity index (χ1v) is 10.2. The molecular formula is C20H18FN5O3S. The first kappa shape index (κ1) is 20.0. The van der Waals surface area contributed by atoms with Crippen molar-refractivity contribution in [2.45, 2.75) is 30.4 Å². The average molecular weight is 427 g/mol. The van der Waals surface area contributed by atoms with Crippen molar-refractivity contribution in [1.29, 1.82) is 0 Å². The SMILES string of the molecule is CC1SC(c2ccc(F)cc2)N(NC(=O)CCC(=O)c2nc3ncccc3[nH]2)C1=O. The zero-order valence-corrected chi connectivity index (χ0v) is 16.8. The summed E-state index contributed by atoms with van der Waals surface area (Å²) in [6, 6.07) is 9.26. The van der Waals surface area contributed by atoms with Crippen LogP contribution in [0.2, 0.25) is 0 Å². The Morgan fingerprint density at radius 1 is 1.23 bits per heavy atom. The summed E-state index contributed by atoms with van der Waals surface area (Å²) in [7, 11) is 0. The fourth-order valence-electron chi connectivity index (χ4n) is 3.11. The summed E-state index contributed by atoms with van der Waals surface area (Å²) in [5, 5.41) is 0.430. The standard InChI is InChI=1S/C20H18FN5O3S/c1-11-19(29)26(20(30-11)12-4-6-13(21)7-5-12)25-16(28)9-8-15(27)18-23-14-3-2-10-22-17(14)24-18/h2-7,10-11,20H,8-9H2,1H3,(H,25,28)(H,22,23,24). The van der Waals surface area contributed by atoms with Crippen molar-refractivity contribution >= 4 is 40.5 Å². The highest BCUT2D eigenvalue weighted by Crippen LogP contribution is 2.41. The van der Waals surface area contributed by atoms with Crippen molar-refractivity contribution in [3.8, 4) is 0 Å². The van der Waals surface area contributed by atoms with Gasteiger partial charge in [0.2, 0.25) is 5.91 Å². The second-order valence-electron chi connectivity index (χ2n) is 6.81. The van der Waals surface area contributed by atoms with E-state index in [0.717, 1.165) is 0 Å². The van der Waals surface area contributed by atoms with Crippen LogP contribution in [0.1, 0.15) is 41.3 Å². The molecule has 1 saturated heterocycles. The van der Waals surface area contributed by atoms with Crippen LogP contribution in [0, 0.1) is 5.82 Å². The molecule has 10 heteroatoms. The molecule has 154 valence electrons. The number of thioether (sulfide) groups is 1. The minimum atomic E-state index is -0.465. The van der Waals surface area contributed by atoms with E-state index in [1.54, 1.807) is 37.4 Å². The molecule has 8 nitrogen and oxygen atoms in total. The molecule has 0 saturated carbocycles. The third-order valence-electron chi connectivity index (χ3n) is 4.65. The molecule has 2 unspecified atom stereocenters. The minimum Gasteiger partial charge on any atom is -0.334 e. The molecule has 0 bridgehead atoms. The number of benzene rings is 1. The summed E-state index contributed by atoms with van der Waals surface area (Å²) in [6.07, 6.45) is 1.40. The van der Waals surface area contributed by atoms with E-state index in [2.05, 4.69) is 20.4 Å². The Morgan fingerprint density at radius 2 is 2.00 bits per heavy atom. The Kier molecular flexibility index (Phi) is 5.49. The Hall–Kier alpha value is -3.27. The number of amides is 2. The van der Waals surface area contributed by atoms with Gasteiger partial charge in [0.15, 0.2) is 17.3 Å². The lowest BCUT2D eigenvalue weighted by molar-refractivity contribution is -0.140. The van der Waals surface area contributed by atoms with Crippen molar-refractivity contribution in [1.82, 2.24) is 25.4 Å². The van der Waals surface area contributed by atoms with Gasteiger partial charge in [0.05, 0.1) is 10.8 Å². The summed E-state index contributed by atoms with van der Waals surface area (Å²) < 4.78 is 13.2. The van der Waals surface area contributed by atoms with Crippen molar-refractivity contribution in [2.75, 3.05) is 0 Å². The molecule has 1 aromatic carbocycles. The zero-order chi connectivity index (χ0) is 21.3. The van der Waals surface area contributed by atoms with Crippen LogP contribution >= 0.6 is 11.8 Å². The second kappa shape index (κ2) is 8.23. The fraction of sp³-hybridized carbons (Fsp3) is 0.250. The summed E-state index contributed by atoms with van der Waals surface area (Å²) in [4.78, 5) is 48.3. The lowest BCUT2D eigenvalue weighted by atomic mass is 10.2. The van der Waals surface area contributed by atoms with Crippen LogP contribution in [0.5, 0.6) is 0 Å². The average Bonchev–Trinajstić information content (AvgIpc) is 3.29. The van der Waals surface area contributed by atoms with E-state index in [1.807, 2.05) is 0 Å². The lowest BCUT2D eigenvalue weighted by Gasteiger charge is -2.24. The zero-order valence-electron chi connectivity index (χ0n) is 16.0. The number of pyridine rings is 1. The normalized spacial score (nSPS) is 18.7. The number of hydrazine groups is 1. The van der Waals surface area contributed by atoms with E-state index in [9.17, 15) is 18.8 Å². The molecule has 3 heterocycles. The minimum absolute atomic E-state index is 0.0718. The number of hydrogen-bond acceptors (Lipinski definition) is 6. The number of imidazole rings is 1. The first-order valence-electron chi connectivity index (χ1n) is 9.30. The second-order valence-corrected chi connectivity index (χ2v) is 8.23. The van der Waals surface area contributed by atoms with Crippen molar-refractivity contribution in [2.24, 2.45) is 0 Å². The summed E-state index contributed by atoms with van der Waals surface area (Å²) in [5.74, 6) is -1.28. The van der Waals surface area contributed by atoms with E-state index in [-0.39, 0.29) is 41.4 Å². The Labute approximate surface area is 175 Å². The number of halogens is 1. The molecule has 0 spiro atoms. The first-order chi connectivity index (χ1) is 14.4. The van der Waals surface area contributed by atoms with Gasteiger partial charge in [0, 0.05) is 19.0 Å². The highest BCUT2D eigenvalue weighted by molar-refractivity contribution is 8.01. The smallest absolute Gasteiger partial charge is 0.255 e. The fourth-order valence-corrected chi connectivity index (χ4v) is 4.31. The number of carbonyl (C=O) groups is 3. The third-order valence-corrected chi connectivity index (χ3v) is 6.00. The van der Waals surface area contributed by atoms with E-state index < -0.39 is 11.3 Å². The van der Waals surface area contributed by atoms with Crippen LogP contribution in [-0.2, 0) is 9.59 Å². The molecule has 0 aliphatic carbocycles. The molecule has 2 atom stereocenters. The lowest BCUT2D eigenvalue weighted by Crippen LogP contribution is -2.45. The third kappa shape index (κ3) is 4.04. The van der Waals surface area contributed by atoms with Gasteiger partial charge in [0.1, 0.15) is 11.2 Å². The van der Waals surface area contributed by atoms with E-state index >= 15 is 0 Å². The maximum atomic E-state index is 13.2. The number of aromatic amines is 1. The summed E-state index contributed by atoms with van der Waals surface area (Å²) in [6.45, 7) is 1.74. The van der Waals surface area contributed by atoms with Crippen LogP contribution in [0.3, 0.4) is 0 Å². The van der Waals surface area contributed by atoms with Crippen molar-refractivity contribution in [3.05, 3.63) is 59.8 Å². The number of Topliss-reactive ketones (excluding diaryl/α,β-unsaturated/α-hetero) is 1. The van der Waals surface area contributed by atoms with Crippen LogP contribution < -0.4 is 5.43 Å². The number of ketones is 1. The summed E-state index contributed by atoms with van der Waals surface area (Å²) >= 11 is 1.36. The molecule has 1 aliphatic rings. The maximum Gasteiger partial charge on any atom is 0.255 e. The van der Waals surface area contributed by atoms with Crippen LogP contribution in [0.4, 0.5) is 4.39 Å². The monoisotopic (exact) mass is 427 g/mol. The number of H-pyrrole nitrogens is 1. The van der Waals surface area contributed by atoms with Crippen molar-refractivity contribution in [3.63, 3.8) is 0 Å². The van der Waals surface area contributed by atoms with E-state index in [4.69, 9.17) is 0 Å². The van der Waals surface area contributed by atoms with Gasteiger partial charge in [0.25, 0.3) is 5.91 Å². The van der Waals surface area contributed by atoms with Gasteiger partial charge in [-0.05, 0) is 36.8 Å². The molecule has 0 radical (unpaired) electrons. The highest BCUT2D eigenvalue weighted by Gasteiger charge is 2.39. The predicted octanol–water partition coefficient (Wildman–Crippen LogP) is 2.75. The molecule has 2 amide bonds. The number of hydrogen-bond donors (Lipinski definition) is 2. The Balaban J connectivity index is 1.39. The van der Waals surface area contributed by atoms with E-state index in [0.29, 0.717) is 16.7 Å². The number of aromatic nitrogens is 3. The van der Waals surface area contributed by atoms with Crippen LogP contribution in [-0.4, -0.2) is 42.8 Å². The predicted molar refractivity (Wildman–Crippen MR) is 109 cm³/mol. The number of carbonyl (C=O) groups excluding carboxylic acids is 3. The molecular weight excluding hydrogens is 409 g/mol. The molecule has 3 aromatic rings. The highest BCUT2D eigenvalue weighted by atomic mass is 32.2. The molecule has 30 heavy (non-hydrogen) atoms. The van der Waals surface area contributed by atoms with Gasteiger partial charge in [-0.25, -0.2) is 19.4 Å². The van der Waals surface area contributed by atoms with E-state index in [1.165, 1.54) is 28.9 Å². The molecule has 1 fully saturated rings. The molecule has 2 aromatic heterocycles. The molecule has 2 N–H and O–H groups in total. The van der Waals surface area contributed by atoms with Crippen LogP contribution in [0.25, 0.3) is 11.2 Å². The topological polar surface area (TPSA) is 108 Å². The van der Waals surface area contributed by atoms with Gasteiger partial charge < -0.3 is 4.98 Å². The van der Waals surface area contributed by atoms with Gasteiger partial charge in [-0.15, -0.1) is 11.8 Å². The molecule has 1 aliphatic heterocycles. The number of nitrogens with zero attached hydrogens (tertiary/aromatic N) is 3. The number of rotatable bonds is 6. The van der Waals surface area contributed by atoms with Gasteiger partial charge in [-0.2, -0.15) is 0 Å². The summed E-state index contributed by atoms with van der Waals surface area (Å²) in [5.41, 5.74) is 4.36.